The van der Waals surface area contributed by atoms with Gasteiger partial charge in [-0.2, -0.15) is 0 Å². The van der Waals surface area contributed by atoms with E-state index in [9.17, 15) is 0 Å². The first-order chi connectivity index (χ1) is 64.4. The Kier molecular flexibility index (Phi) is 20.2. The summed E-state index contributed by atoms with van der Waals surface area (Å²) in [5.41, 5.74) is 32.2. The molecule has 0 amide bonds. The summed E-state index contributed by atoms with van der Waals surface area (Å²) in [7, 11) is 0. The number of fused-ring (bicyclic) bond motifs is 14. The molecule has 2 aliphatic rings. The van der Waals surface area contributed by atoms with Gasteiger partial charge in [0, 0.05) is 10.8 Å². The first-order valence-corrected chi connectivity index (χ1v) is 48.7. The molecule has 138 heavy (non-hydrogen) atoms. The Morgan fingerprint density at radius 3 is 0.739 bits per heavy atom. The number of nitrogens with zero attached hydrogens (tertiary/aromatic N) is 8. The second-order valence-electron chi connectivity index (χ2n) is 47.6. The first-order valence-electron chi connectivity index (χ1n) is 48.7. The number of aromatic nitrogens is 8. The Bertz CT molecular complexity index is 8540. The summed E-state index contributed by atoms with van der Waals surface area (Å²) in [5.74, 6) is 0. The molecule has 0 atom stereocenters. The van der Waals surface area contributed by atoms with Crippen molar-refractivity contribution in [1.82, 2.24) is 39.9 Å². The summed E-state index contributed by atoms with van der Waals surface area (Å²) < 4.78 is 0. The zero-order valence-electron chi connectivity index (χ0n) is 84.2. The van der Waals surface area contributed by atoms with E-state index >= 15 is 0 Å². The molecule has 10 heteroatoms. The van der Waals surface area contributed by atoms with Crippen molar-refractivity contribution in [1.29, 1.82) is 0 Å². The van der Waals surface area contributed by atoms with E-state index in [0.717, 1.165) is 199 Å². The number of benzene rings is 14. The number of hydrogen-bond acceptors (Lipinski definition) is 4. The van der Waals surface area contributed by atoms with Crippen LogP contribution in [0, 0.1) is 0 Å². The number of rotatable bonds is 6. The van der Waals surface area contributed by atoms with Crippen LogP contribution in [0.3, 0.4) is 0 Å². The Balaban J connectivity index is 0.00000550. The summed E-state index contributed by atoms with van der Waals surface area (Å²) in [6, 6.07) is 88.6. The van der Waals surface area contributed by atoms with Crippen LogP contribution in [0.25, 0.3) is 254 Å². The van der Waals surface area contributed by atoms with Crippen LogP contribution in [-0.2, 0) is 82.3 Å². The summed E-state index contributed by atoms with van der Waals surface area (Å²) in [6.45, 7) is 56.0. The van der Waals surface area contributed by atoms with E-state index < -0.39 is 0 Å². The van der Waals surface area contributed by atoms with E-state index in [-0.39, 0.29) is 82.3 Å². The van der Waals surface area contributed by atoms with Gasteiger partial charge in [-0.15, -0.1) is 44.1 Å². The second-order valence-corrected chi connectivity index (χ2v) is 47.6. The van der Waals surface area contributed by atoms with Crippen LogP contribution in [0.4, 0.5) is 0 Å². The van der Waals surface area contributed by atoms with Gasteiger partial charge in [-0.1, -0.05) is 385 Å². The summed E-state index contributed by atoms with van der Waals surface area (Å²) in [5, 5.41) is 19.9. The van der Waals surface area contributed by atoms with Crippen molar-refractivity contribution in [2.75, 3.05) is 0 Å². The maximum absolute atomic E-state index is 6.43. The molecule has 16 bridgehead atoms. The molecule has 0 spiro atoms. The van der Waals surface area contributed by atoms with Crippen LogP contribution >= 0.6 is 0 Å². The zero-order chi connectivity index (χ0) is 94.5. The van der Waals surface area contributed by atoms with Gasteiger partial charge >= 0.3 is 39.0 Å². The molecule has 0 unspecified atom stereocenters. The van der Waals surface area contributed by atoms with Gasteiger partial charge < -0.3 is 19.9 Å². The first kappa shape index (κ1) is 90.3. The molecule has 2 aliphatic heterocycles. The molecule has 0 fully saturated rings. The van der Waals surface area contributed by atoms with Crippen LogP contribution < -0.4 is 19.9 Å². The average Bonchev–Trinajstić information content (AvgIpc) is 1.52. The van der Waals surface area contributed by atoms with Gasteiger partial charge in [0.05, 0.1) is 44.8 Å². The standard InChI is InChI=1S/C128H114N8.2Zn/c1-121(2,3)77-51-73(52-78(59-77)122(4,5)6)109-93-43-47-97(129-93)113(87-41-37-71-33-31-67-27-25-29-69-35-39-85(87)107(71)105(67)69)98-48-44-94(130-98)111(75-55-81(125(13,14)15)61-82(56-75)126(16,17)18)103-65-91-92-66-104-112(76-57-83(127(19,20)21)62-84(58-76)128(22,23)24)96-46-50-100(132-96)114(88-42-38-72-34-32-68-28-26-30-70-36-40-86(88)108(72)106(68)70)99-49-45-95(131-99)110(74-53-79(123(7,8)9)60-80(54-74)124(10,11)12)102-64-90-89-63-101(109)133-117(89)115(119(91)135-103)116(118(90)134-102)120(92)136-104;;/h25-66H,1-24H3;;/q-4;2*+2. The van der Waals surface area contributed by atoms with Crippen LogP contribution in [-0.4, -0.2) is 19.9 Å². The monoisotopic (exact) mass is 1890 g/mol. The maximum atomic E-state index is 6.43. The van der Waals surface area contributed by atoms with Gasteiger partial charge in [0.2, 0.25) is 0 Å². The Morgan fingerprint density at radius 2 is 0.449 bits per heavy atom. The average molecular weight is 1900 g/mol. The zero-order valence-corrected chi connectivity index (χ0v) is 90.2. The smallest absolute Gasteiger partial charge is 0.657 e. The van der Waals surface area contributed by atoms with Crippen molar-refractivity contribution in [3.63, 3.8) is 0 Å². The van der Waals surface area contributed by atoms with Crippen molar-refractivity contribution < 1.29 is 39.0 Å². The molecule has 22 aromatic rings. The van der Waals surface area contributed by atoms with Gasteiger partial charge in [0.1, 0.15) is 0 Å². The molecule has 0 saturated heterocycles. The molecule has 0 radical (unpaired) electrons. The minimum absolute atomic E-state index is 0. The third kappa shape index (κ3) is 14.4. The molecular weight excluding hydrogens is 1780 g/mol. The molecule has 0 aliphatic carbocycles. The van der Waals surface area contributed by atoms with Crippen molar-refractivity contribution >= 4 is 187 Å². The molecule has 0 N–H and O–H groups in total. The Hall–Kier alpha value is -12.8. The van der Waals surface area contributed by atoms with Gasteiger partial charge in [0.15, 0.2) is 0 Å². The van der Waals surface area contributed by atoms with Gasteiger partial charge in [-0.05, 0) is 277 Å². The normalized spacial score (nSPS) is 13.5. The summed E-state index contributed by atoms with van der Waals surface area (Å²) in [6.07, 6.45) is 9.01. The third-order valence-corrected chi connectivity index (χ3v) is 29.9. The maximum Gasteiger partial charge on any atom is 2.00 e. The van der Waals surface area contributed by atoms with E-state index in [2.05, 4.69) is 421 Å². The molecule has 24 rings (SSSR count). The van der Waals surface area contributed by atoms with Crippen molar-refractivity contribution in [2.24, 2.45) is 0 Å². The Morgan fingerprint density at radius 1 is 0.196 bits per heavy atom. The van der Waals surface area contributed by atoms with Crippen molar-refractivity contribution in [3.8, 4) is 66.8 Å². The van der Waals surface area contributed by atoms with E-state index in [1.165, 1.54) is 98.4 Å². The van der Waals surface area contributed by atoms with E-state index in [4.69, 9.17) is 39.9 Å². The van der Waals surface area contributed by atoms with Gasteiger partial charge in [-0.25, -0.2) is 19.9 Å². The predicted octanol–water partition coefficient (Wildman–Crippen LogP) is 34.3. The third-order valence-electron chi connectivity index (χ3n) is 29.9. The van der Waals surface area contributed by atoms with Crippen LogP contribution in [0.2, 0.25) is 0 Å². The predicted molar refractivity (Wildman–Crippen MR) is 582 cm³/mol. The van der Waals surface area contributed by atoms with Crippen LogP contribution in [0.5, 0.6) is 0 Å². The van der Waals surface area contributed by atoms with E-state index in [1.54, 1.807) is 0 Å². The largest absolute Gasteiger partial charge is 2.00 e. The summed E-state index contributed by atoms with van der Waals surface area (Å²) >= 11 is 0. The minimum Gasteiger partial charge on any atom is -0.657 e. The molecule has 14 aromatic carbocycles. The molecule has 670 valence electrons. The van der Waals surface area contributed by atoms with Crippen molar-refractivity contribution in [3.05, 3.63) is 298 Å². The van der Waals surface area contributed by atoms with Gasteiger partial charge in [-0.3, -0.25) is 0 Å². The SMILES string of the molecule is CC(C)(C)c1cc(-c2c3nc(c(-c4ccc5ccc6cccc7ccc4c5c67)c4ccc([n-]4)c(-c4cc(C(C)(C)C)cc(C(C)(C)C)c4)c4cc5c6cc7[n-]c6c6c8nc(cc8c8cc2[n-]c8c6c5n4)c(-c2cc(C(C)(C)C)cc(C(C)(C)C)c2)c2ccc([n-]2)c(-c2ccc4ccc5cccc6ccc2c4c56)c2nc(c7-c4cc(C(C)(C)C)cc(C(C)(C)C)c4)C=C2)C=C3)cc(C(C)(C)C)c1.[Zn+2].[Zn+2]. The van der Waals surface area contributed by atoms with E-state index in [0.29, 0.717) is 0 Å². The van der Waals surface area contributed by atoms with Crippen LogP contribution in [0.15, 0.2) is 231 Å². The Labute approximate surface area is 833 Å². The fourth-order valence-electron chi connectivity index (χ4n) is 22.0. The molecular formula is C128H114N8Zn2. The fraction of sp³-hybridized carbons (Fsp3) is 0.250. The molecule has 10 heterocycles. The fourth-order valence-corrected chi connectivity index (χ4v) is 22.0. The quantitative estimate of drug-likeness (QED) is 0.120. The van der Waals surface area contributed by atoms with Crippen molar-refractivity contribution in [2.45, 2.75) is 209 Å². The molecule has 0 saturated carbocycles. The van der Waals surface area contributed by atoms with Crippen LogP contribution in [0.1, 0.15) is 233 Å². The molecule has 8 nitrogen and oxygen atoms in total. The number of hydrogen-bond donors (Lipinski definition) is 0. The summed E-state index contributed by atoms with van der Waals surface area (Å²) in [4.78, 5) is 50.4. The second kappa shape index (κ2) is 30.8. The molecule has 8 aromatic heterocycles. The minimum atomic E-state index is -0.252. The van der Waals surface area contributed by atoms with Gasteiger partial charge in [0.25, 0.3) is 0 Å². The van der Waals surface area contributed by atoms with E-state index in [1.807, 2.05) is 0 Å². The topological polar surface area (TPSA) is 108 Å².